The van der Waals surface area contributed by atoms with Crippen LogP contribution in [-0.4, -0.2) is 46.9 Å². The Balaban J connectivity index is 0.000000110. The van der Waals surface area contributed by atoms with Crippen molar-refractivity contribution < 1.29 is 22.8 Å². The number of hydrogen-bond donors (Lipinski definition) is 0. The van der Waals surface area contributed by atoms with Gasteiger partial charge in [0.15, 0.2) is 24.8 Å². The van der Waals surface area contributed by atoms with Gasteiger partial charge in [-0.05, 0) is 188 Å². The van der Waals surface area contributed by atoms with Crippen LogP contribution in [0.1, 0.15) is 67.4 Å². The van der Waals surface area contributed by atoms with E-state index in [1.54, 1.807) is 0 Å². The Kier molecular flexibility index (Phi) is 18.7. The topological polar surface area (TPSA) is 106 Å². The number of fused-ring (bicyclic) bond motifs is 8. The zero-order valence-electron chi connectivity index (χ0n) is 62.7. The van der Waals surface area contributed by atoms with Gasteiger partial charge in [0.1, 0.15) is 91.9 Å². The van der Waals surface area contributed by atoms with Gasteiger partial charge in [-0.3, -0.25) is 22.0 Å². The lowest BCUT2D eigenvalue weighted by Crippen LogP contribution is -2.32. The van der Waals surface area contributed by atoms with Crippen molar-refractivity contribution in [2.24, 2.45) is 35.2 Å². The smallest absolute Gasteiger partial charge is 0.237 e. The number of imidazole rings is 5. The van der Waals surface area contributed by atoms with Crippen LogP contribution in [0, 0.1) is 83.1 Å². The highest BCUT2D eigenvalue weighted by molar-refractivity contribution is 5.93. The first kappa shape index (κ1) is 68.8. The van der Waals surface area contributed by atoms with Gasteiger partial charge in [0, 0.05) is 118 Å². The summed E-state index contributed by atoms with van der Waals surface area (Å²) in [4.78, 5) is 22.4. The van der Waals surface area contributed by atoms with E-state index >= 15 is 0 Å². The quantitative estimate of drug-likeness (QED) is 0.160. The van der Waals surface area contributed by atoms with Gasteiger partial charge in [-0.2, -0.15) is 22.8 Å². The minimum absolute atomic E-state index is 0.992. The molecule has 15 heteroatoms. The van der Waals surface area contributed by atoms with E-state index in [9.17, 15) is 0 Å². The van der Waals surface area contributed by atoms with Crippen molar-refractivity contribution in [3.63, 3.8) is 0 Å². The molecule has 0 fully saturated rings. The van der Waals surface area contributed by atoms with Crippen molar-refractivity contribution in [3.8, 4) is 56.9 Å². The summed E-state index contributed by atoms with van der Waals surface area (Å²) in [5.41, 5.74) is 33.0. The van der Waals surface area contributed by atoms with Crippen molar-refractivity contribution in [2.75, 3.05) is 0 Å². The second kappa shape index (κ2) is 28.2. The van der Waals surface area contributed by atoms with Crippen LogP contribution >= 0.6 is 0 Å². The van der Waals surface area contributed by atoms with E-state index in [1.165, 1.54) is 128 Å². The number of rotatable bonds is 5. The monoisotopic (exact) mass is 1370 g/mol. The maximum Gasteiger partial charge on any atom is 0.237 e. The molecule has 0 amide bonds. The van der Waals surface area contributed by atoms with Crippen LogP contribution in [0.5, 0.6) is 0 Å². The normalized spacial score (nSPS) is 11.3. The lowest BCUT2D eigenvalue weighted by molar-refractivity contribution is -0.661. The van der Waals surface area contributed by atoms with Gasteiger partial charge in [0.2, 0.25) is 34.0 Å². The highest BCUT2D eigenvalue weighted by atomic mass is 15.1. The molecule has 15 aromatic heterocycles. The first-order valence-electron chi connectivity index (χ1n) is 35.4. The maximum absolute atomic E-state index is 4.51. The molecular formula is C89H90N15+5. The third-order valence-electron chi connectivity index (χ3n) is 20.3. The fraction of sp³-hybridized carbons (Fsp3) is 0.191. The Morgan fingerprint density at radius 1 is 0.260 bits per heavy atom. The molecule has 0 aliphatic rings. The van der Waals surface area contributed by atoms with Gasteiger partial charge in [-0.25, -0.2) is 24.9 Å². The molecule has 0 atom stereocenters. The minimum atomic E-state index is 0.992. The highest BCUT2D eigenvalue weighted by Crippen LogP contribution is 2.32. The van der Waals surface area contributed by atoms with Crippen molar-refractivity contribution >= 4 is 60.7 Å². The molecule has 104 heavy (non-hydrogen) atoms. The van der Waals surface area contributed by atoms with Crippen LogP contribution in [0.4, 0.5) is 0 Å². The molecule has 0 unspecified atom stereocenters. The number of aryl methyl sites for hydroxylation is 17. The molecule has 0 saturated carbocycles. The Morgan fingerprint density at radius 3 is 1.15 bits per heavy atom. The van der Waals surface area contributed by atoms with Crippen molar-refractivity contribution in [3.05, 3.63) is 305 Å². The molecule has 18 aromatic rings. The summed E-state index contributed by atoms with van der Waals surface area (Å²) in [6, 6.07) is 63.9. The van der Waals surface area contributed by atoms with Crippen LogP contribution in [0.3, 0.4) is 0 Å². The number of benzene rings is 3. The lowest BCUT2D eigenvalue weighted by atomic mass is 10.0. The Morgan fingerprint density at radius 2 is 0.654 bits per heavy atom. The van der Waals surface area contributed by atoms with E-state index < -0.39 is 0 Å². The number of nitrogens with zero attached hydrogens (tertiary/aromatic N) is 15. The molecule has 0 aliphatic heterocycles. The summed E-state index contributed by atoms with van der Waals surface area (Å²) < 4.78 is 22.2. The van der Waals surface area contributed by atoms with Crippen LogP contribution in [0.25, 0.3) is 118 Å². The molecule has 0 radical (unpaired) electrons. The Labute approximate surface area is 607 Å². The molecule has 0 bridgehead atoms. The first-order chi connectivity index (χ1) is 50.1. The first-order valence-corrected chi connectivity index (χ1v) is 35.4. The van der Waals surface area contributed by atoms with Crippen molar-refractivity contribution in [1.82, 2.24) is 46.9 Å². The average molecular weight is 1370 g/mol. The van der Waals surface area contributed by atoms with E-state index in [0.717, 1.165) is 56.7 Å². The molecule has 0 aliphatic carbocycles. The number of hydrogen-bond acceptors (Lipinski definition) is 5. The summed E-state index contributed by atoms with van der Waals surface area (Å²) >= 11 is 0. The summed E-state index contributed by atoms with van der Waals surface area (Å²) in [5.74, 6) is 0. The van der Waals surface area contributed by atoms with Crippen LogP contribution in [0.2, 0.25) is 0 Å². The Hall–Kier alpha value is -12.4. The number of aromatic nitrogens is 15. The molecule has 18 rings (SSSR count). The van der Waals surface area contributed by atoms with E-state index in [2.05, 4.69) is 389 Å². The summed E-state index contributed by atoms with van der Waals surface area (Å²) in [6.45, 7) is 25.6. The maximum atomic E-state index is 4.51. The average Bonchev–Trinajstić information content (AvgIpc) is 1.37. The highest BCUT2D eigenvalue weighted by Gasteiger charge is 2.25. The Bertz CT molecular complexity index is 6260. The largest absolute Gasteiger partial charge is 0.291 e. The van der Waals surface area contributed by atoms with E-state index in [4.69, 9.17) is 0 Å². The summed E-state index contributed by atoms with van der Waals surface area (Å²) in [6.07, 6.45) is 18.2. The predicted octanol–water partition coefficient (Wildman–Crippen LogP) is 16.3. The van der Waals surface area contributed by atoms with Crippen molar-refractivity contribution in [1.29, 1.82) is 0 Å². The zero-order valence-corrected chi connectivity index (χ0v) is 62.7. The zero-order chi connectivity index (χ0) is 72.9. The summed E-state index contributed by atoms with van der Waals surface area (Å²) in [5, 5.41) is 6.27. The molecule has 15 nitrogen and oxygen atoms in total. The molecule has 516 valence electrons. The molecule has 0 spiro atoms. The van der Waals surface area contributed by atoms with Gasteiger partial charge in [0.25, 0.3) is 0 Å². The molecule has 15 heterocycles. The lowest BCUT2D eigenvalue weighted by Gasteiger charge is -2.11. The molecular weight excluding hydrogens is 1280 g/mol. The van der Waals surface area contributed by atoms with Gasteiger partial charge < -0.3 is 0 Å². The second-order valence-electron chi connectivity index (χ2n) is 27.7. The number of pyridine rings is 10. The fourth-order valence-electron chi connectivity index (χ4n) is 14.8. The van der Waals surface area contributed by atoms with E-state index in [1.807, 2.05) is 37.1 Å². The predicted molar refractivity (Wildman–Crippen MR) is 418 cm³/mol. The second-order valence-corrected chi connectivity index (χ2v) is 27.7. The number of para-hydroxylation sites is 1. The van der Waals surface area contributed by atoms with Gasteiger partial charge in [-0.1, -0.05) is 78.9 Å². The van der Waals surface area contributed by atoms with Crippen LogP contribution in [-0.2, 0) is 35.2 Å². The third kappa shape index (κ3) is 12.7. The SMILES string of the molecule is Cc1cc(-c2c(C)ccc3ncc(C)n23)[n+](C)cc1C.Cc1ccc2ncc(C)n2c1-c1c2ccccc2cc[n+]1C.Cc1ccc2ncc(C)n2c1-c1cc2ccccc2c[n+]1C.Cc1ccc2ncc(C)n2c1-c1ccc2ccccc2[n+]1C.Cc1ccc2ncc(C)n2c1-c1cccc[n+]1C. The third-order valence-corrected chi connectivity index (χ3v) is 20.3. The van der Waals surface area contributed by atoms with Crippen LogP contribution < -0.4 is 22.8 Å². The minimum Gasteiger partial charge on any atom is -0.291 e. The standard InChI is InChI=1S/3C19H18N3.C17H20N3.C15H16N3/c1-13-8-11-18-20-12-14(2)22(18)19(13)17-10-9-15-6-4-5-7-16(15)21(17)3;1-13-8-9-18-20-11-14(2)22(18)19(13)17-10-15-6-4-5-7-16(15)12-21(17)3;1-13-8-9-17-20-12-14(2)22(17)18(13)19-16-7-5-4-6-15(16)10-11-21(19)3;1-11-6-7-16-18-9-14(4)20(16)17(11)15-8-12(2)13(3)10-19(15)5;1-11-7-8-14-16-10-12(2)18(14)15(11)13-6-4-5-9-17(13)3/h3*4-12H,1-3H3;6-10H,1-5H3;4-10H,1-3H3/q5*+1. The van der Waals surface area contributed by atoms with E-state index in [0.29, 0.717) is 0 Å². The summed E-state index contributed by atoms with van der Waals surface area (Å²) in [7, 11) is 10.5. The van der Waals surface area contributed by atoms with Gasteiger partial charge >= 0.3 is 0 Å². The van der Waals surface area contributed by atoms with Gasteiger partial charge in [0.05, 0.1) is 5.39 Å². The molecule has 0 N–H and O–H groups in total. The van der Waals surface area contributed by atoms with E-state index in [-0.39, 0.29) is 0 Å². The van der Waals surface area contributed by atoms with Crippen LogP contribution in [0.15, 0.2) is 238 Å². The molecule has 0 saturated heterocycles. The van der Waals surface area contributed by atoms with Crippen molar-refractivity contribution in [2.45, 2.75) is 83.1 Å². The molecule has 3 aromatic carbocycles. The fourth-order valence-corrected chi connectivity index (χ4v) is 14.8. The van der Waals surface area contributed by atoms with Gasteiger partial charge in [-0.15, -0.1) is 0 Å².